The van der Waals surface area contributed by atoms with Crippen LogP contribution in [-0.4, -0.2) is 27.8 Å². The Morgan fingerprint density at radius 1 is 0.833 bits per heavy atom. The number of benzene rings is 4. The van der Waals surface area contributed by atoms with Crippen LogP contribution in [0.25, 0.3) is 10.8 Å². The van der Waals surface area contributed by atoms with Gasteiger partial charge in [-0.1, -0.05) is 66.7 Å². The number of nitrogens with one attached hydrogen (secondary N) is 2. The van der Waals surface area contributed by atoms with Crippen LogP contribution in [-0.2, 0) is 31.4 Å². The lowest BCUT2D eigenvalue weighted by Crippen LogP contribution is -2.47. The van der Waals surface area contributed by atoms with Crippen LogP contribution < -0.4 is 16.5 Å². The first-order valence-electron chi connectivity index (χ1n) is 11.0. The van der Waals surface area contributed by atoms with Crippen LogP contribution in [0.4, 0.5) is 5.69 Å². The van der Waals surface area contributed by atoms with Crippen molar-refractivity contribution in [1.29, 1.82) is 0 Å². The molecule has 4 N–H and O–H groups in total. The Morgan fingerprint density at radius 2 is 1.56 bits per heavy atom. The van der Waals surface area contributed by atoms with Crippen LogP contribution in [0, 0.1) is 0 Å². The second-order valence-corrected chi connectivity index (χ2v) is 9.06. The number of carbonyl (C=O) groups is 3. The molecule has 0 radical (unpaired) electrons. The quantitative estimate of drug-likeness (QED) is 0.226. The molecule has 9 heteroatoms. The second kappa shape index (κ2) is 11.4. The molecule has 0 aromatic heterocycles. The third-order valence-electron chi connectivity index (χ3n) is 5.42. The Hall–Kier alpha value is -4.34. The summed E-state index contributed by atoms with van der Waals surface area (Å²) >= 11 is -1.81. The summed E-state index contributed by atoms with van der Waals surface area (Å²) in [7, 11) is 0. The molecule has 0 fully saturated rings. The van der Waals surface area contributed by atoms with E-state index in [1.807, 2.05) is 36.4 Å². The molecule has 0 saturated carbocycles. The Labute approximate surface area is 210 Å². The lowest BCUT2D eigenvalue weighted by atomic mass is 10.0. The van der Waals surface area contributed by atoms with E-state index in [-0.39, 0.29) is 12.0 Å². The number of ketones is 1. The summed E-state index contributed by atoms with van der Waals surface area (Å²) in [5, 5.41) is 4.53. The highest BCUT2D eigenvalue weighted by Gasteiger charge is 2.26. The fourth-order valence-corrected chi connectivity index (χ4v) is 4.27. The third kappa shape index (κ3) is 6.21. The number of hydrogen-bond donors (Lipinski definition) is 3. The van der Waals surface area contributed by atoms with E-state index in [1.165, 1.54) is 12.1 Å². The van der Waals surface area contributed by atoms with Crippen molar-refractivity contribution in [3.8, 4) is 0 Å². The fourth-order valence-electron chi connectivity index (χ4n) is 3.60. The Balaban J connectivity index is 1.42. The highest BCUT2D eigenvalue weighted by atomic mass is 32.2. The number of anilines is 1. The molecule has 4 aromatic rings. The Kier molecular flexibility index (Phi) is 7.84. The molecule has 2 amide bonds. The van der Waals surface area contributed by atoms with Gasteiger partial charge >= 0.3 is 0 Å². The van der Waals surface area contributed by atoms with Crippen LogP contribution in [0.15, 0.2) is 102 Å². The maximum Gasteiger partial charge on any atom is 0.287 e. The monoisotopic (exact) mass is 501 g/mol. The van der Waals surface area contributed by atoms with Gasteiger partial charge in [0.1, 0.15) is 6.04 Å². The van der Waals surface area contributed by atoms with Crippen molar-refractivity contribution in [1.82, 2.24) is 5.32 Å². The van der Waals surface area contributed by atoms with Crippen molar-refractivity contribution >= 4 is 45.1 Å². The molecular weight excluding hydrogens is 478 g/mol. The topological polar surface area (TPSA) is 128 Å². The number of rotatable bonds is 10. The summed E-state index contributed by atoms with van der Waals surface area (Å²) in [5.41, 5.74) is 9.12. The highest BCUT2D eigenvalue weighted by molar-refractivity contribution is 7.80. The van der Waals surface area contributed by atoms with Gasteiger partial charge in [-0.3, -0.25) is 19.9 Å². The third-order valence-corrected chi connectivity index (χ3v) is 6.29. The molecule has 1 unspecified atom stereocenters. The summed E-state index contributed by atoms with van der Waals surface area (Å²) in [6, 6.07) is 27.1. The van der Waals surface area contributed by atoms with E-state index in [2.05, 4.69) is 10.8 Å². The van der Waals surface area contributed by atoms with Gasteiger partial charge in [0, 0.05) is 12.0 Å². The molecule has 0 spiro atoms. The van der Waals surface area contributed by atoms with Gasteiger partial charge in [-0.25, -0.2) is 4.21 Å². The molecule has 2 atom stereocenters. The van der Waals surface area contributed by atoms with E-state index in [0.29, 0.717) is 10.6 Å². The molecule has 0 aliphatic rings. The van der Waals surface area contributed by atoms with Gasteiger partial charge < -0.3 is 11.1 Å². The van der Waals surface area contributed by atoms with Gasteiger partial charge in [-0.05, 0) is 46.7 Å². The number of nitrogens with two attached hydrogens (primary N) is 1. The molecule has 36 heavy (non-hydrogen) atoms. The number of hydrogen-bond acceptors (Lipinski definition) is 6. The maximum atomic E-state index is 12.9. The molecule has 0 aliphatic heterocycles. The van der Waals surface area contributed by atoms with E-state index in [9.17, 15) is 18.6 Å². The lowest BCUT2D eigenvalue weighted by molar-refractivity contribution is -0.137. The van der Waals surface area contributed by atoms with Crippen molar-refractivity contribution in [3.05, 3.63) is 108 Å². The van der Waals surface area contributed by atoms with E-state index in [4.69, 9.17) is 10.0 Å². The van der Waals surface area contributed by atoms with Crippen LogP contribution >= 0.6 is 0 Å². The van der Waals surface area contributed by atoms with Crippen molar-refractivity contribution in [2.75, 3.05) is 5.48 Å². The first-order chi connectivity index (χ1) is 17.4. The Bertz CT molecular complexity index is 1440. The summed E-state index contributed by atoms with van der Waals surface area (Å²) in [4.78, 5) is 37.2. The summed E-state index contributed by atoms with van der Waals surface area (Å²) in [6.45, 7) is 0. The predicted molar refractivity (Wildman–Crippen MR) is 137 cm³/mol. The zero-order valence-corrected chi connectivity index (χ0v) is 19.9. The lowest BCUT2D eigenvalue weighted by Gasteiger charge is -2.17. The summed E-state index contributed by atoms with van der Waals surface area (Å²) in [5.74, 6) is -2.60. The molecule has 0 heterocycles. The van der Waals surface area contributed by atoms with Gasteiger partial charge in [0.05, 0.1) is 10.6 Å². The summed E-state index contributed by atoms with van der Waals surface area (Å²) in [6.07, 6.45) is 0.111. The predicted octanol–water partition coefficient (Wildman–Crippen LogP) is 3.30. The average Bonchev–Trinajstić information content (AvgIpc) is 2.91. The molecule has 182 valence electrons. The number of carbonyl (C=O) groups excluding carboxylic acids is 3. The molecule has 0 bridgehead atoms. The van der Waals surface area contributed by atoms with Crippen molar-refractivity contribution in [2.45, 2.75) is 17.4 Å². The molecule has 8 nitrogen and oxygen atoms in total. The minimum absolute atomic E-state index is 0.111. The second-order valence-electron chi connectivity index (χ2n) is 7.95. The minimum Gasteiger partial charge on any atom is -0.363 e. The largest absolute Gasteiger partial charge is 0.363 e. The van der Waals surface area contributed by atoms with Gasteiger partial charge in [-0.15, -0.1) is 0 Å². The van der Waals surface area contributed by atoms with Crippen LogP contribution in [0.1, 0.15) is 15.9 Å². The smallest absolute Gasteiger partial charge is 0.287 e. The SMILES string of the molecule is NC(=O)C(=O)[C@H](Cc1ccccc1)NC(=O)c1cccc(NOS(=O)c2ccc3ccccc3c2)c1. The maximum absolute atomic E-state index is 12.9. The van der Waals surface area contributed by atoms with Crippen LogP contribution in [0.5, 0.6) is 0 Å². The molecular formula is C27H23N3O5S. The standard InChI is InChI=1S/C27H23N3O5S/c28-26(32)25(31)24(15-18-7-2-1-3-8-18)29-27(33)21-11-6-12-22(16-21)30-35-36(34)23-14-13-19-9-4-5-10-20(19)17-23/h1-14,16-17,24,30H,15H2,(H2,28,32)(H,29,33)/t24-,36?/m0/s1. The van der Waals surface area contributed by atoms with Gasteiger partial charge in [0.25, 0.3) is 11.8 Å². The first-order valence-corrected chi connectivity index (χ1v) is 12.1. The fraction of sp³-hybridized carbons (Fsp3) is 0.0741. The first kappa shape index (κ1) is 24.8. The minimum atomic E-state index is -1.81. The zero-order valence-electron chi connectivity index (χ0n) is 19.0. The number of fused-ring (bicyclic) bond motifs is 1. The number of Topliss-reactive ketones (excluding diaryl/α,β-unsaturated/α-hetero) is 1. The van der Waals surface area contributed by atoms with Gasteiger partial charge in [0.2, 0.25) is 16.9 Å². The van der Waals surface area contributed by atoms with Gasteiger partial charge in [-0.2, -0.15) is 4.28 Å². The summed E-state index contributed by atoms with van der Waals surface area (Å²) < 4.78 is 17.9. The van der Waals surface area contributed by atoms with E-state index in [0.717, 1.165) is 16.3 Å². The van der Waals surface area contributed by atoms with Crippen molar-refractivity contribution < 1.29 is 22.9 Å². The molecule has 4 rings (SSSR count). The van der Waals surface area contributed by atoms with E-state index < -0.39 is 34.7 Å². The average molecular weight is 502 g/mol. The highest BCUT2D eigenvalue weighted by Crippen LogP contribution is 2.19. The number of primary amides is 1. The van der Waals surface area contributed by atoms with E-state index >= 15 is 0 Å². The van der Waals surface area contributed by atoms with Crippen LogP contribution in [0.2, 0.25) is 0 Å². The zero-order chi connectivity index (χ0) is 25.5. The molecule has 0 saturated heterocycles. The van der Waals surface area contributed by atoms with Gasteiger partial charge in [0.15, 0.2) is 0 Å². The van der Waals surface area contributed by atoms with Crippen LogP contribution in [0.3, 0.4) is 0 Å². The number of amides is 2. The molecule has 4 aromatic carbocycles. The Morgan fingerprint density at radius 3 is 2.31 bits per heavy atom. The molecule has 0 aliphatic carbocycles. The normalized spacial score (nSPS) is 12.4. The van der Waals surface area contributed by atoms with Crippen molar-refractivity contribution in [3.63, 3.8) is 0 Å². The van der Waals surface area contributed by atoms with Crippen molar-refractivity contribution in [2.24, 2.45) is 5.73 Å². The van der Waals surface area contributed by atoms with E-state index in [1.54, 1.807) is 48.5 Å².